The summed E-state index contributed by atoms with van der Waals surface area (Å²) < 4.78 is 0. The fraction of sp³-hybridized carbons (Fsp3) is 0.375. The fourth-order valence-electron chi connectivity index (χ4n) is 1.26. The van der Waals surface area contributed by atoms with Gasteiger partial charge in [0.2, 0.25) is 0 Å². The van der Waals surface area contributed by atoms with Gasteiger partial charge in [-0.2, -0.15) is 4.80 Å². The third kappa shape index (κ3) is 2.34. The maximum Gasteiger partial charge on any atom is 0.176 e. The number of aryl methyl sites for hydroxylation is 1. The van der Waals surface area contributed by atoms with Crippen molar-refractivity contribution in [2.75, 3.05) is 0 Å². The van der Waals surface area contributed by atoms with Crippen molar-refractivity contribution >= 4 is 22.9 Å². The molecule has 1 atom stereocenters. The average molecular weight is 244 g/mol. The van der Waals surface area contributed by atoms with Gasteiger partial charge in [-0.1, -0.05) is 11.6 Å². The molecule has 2 aromatic heterocycles. The molecule has 0 aliphatic rings. The van der Waals surface area contributed by atoms with Crippen molar-refractivity contribution in [3.05, 3.63) is 27.2 Å². The van der Waals surface area contributed by atoms with Gasteiger partial charge in [-0.3, -0.25) is 0 Å². The van der Waals surface area contributed by atoms with Gasteiger partial charge in [-0.15, -0.1) is 21.5 Å². The molecular formula is C8H10ClN5S. The molecule has 0 aliphatic heterocycles. The summed E-state index contributed by atoms with van der Waals surface area (Å²) >= 11 is 7.52. The van der Waals surface area contributed by atoms with Crippen molar-refractivity contribution in [3.8, 4) is 0 Å². The minimum Gasteiger partial charge on any atom is -0.323 e. The Balaban J connectivity index is 2.10. The molecule has 0 spiro atoms. The van der Waals surface area contributed by atoms with Crippen LogP contribution in [0.5, 0.6) is 0 Å². The van der Waals surface area contributed by atoms with Crippen LogP contribution in [-0.2, 0) is 13.5 Å². The van der Waals surface area contributed by atoms with Gasteiger partial charge in [0.15, 0.2) is 5.82 Å². The highest BCUT2D eigenvalue weighted by atomic mass is 35.5. The zero-order valence-corrected chi connectivity index (χ0v) is 9.66. The number of rotatable bonds is 3. The van der Waals surface area contributed by atoms with E-state index in [0.717, 1.165) is 4.88 Å². The maximum atomic E-state index is 5.99. The van der Waals surface area contributed by atoms with E-state index in [2.05, 4.69) is 15.4 Å². The summed E-state index contributed by atoms with van der Waals surface area (Å²) in [6, 6.07) is 1.67. The third-order valence-corrected chi connectivity index (χ3v) is 3.42. The molecule has 7 heteroatoms. The summed E-state index contributed by atoms with van der Waals surface area (Å²) in [5.74, 6) is 0.634. The van der Waals surface area contributed by atoms with Crippen LogP contribution in [0.1, 0.15) is 16.7 Å². The molecule has 0 aromatic carbocycles. The lowest BCUT2D eigenvalue weighted by molar-refractivity contribution is 0.623. The van der Waals surface area contributed by atoms with Gasteiger partial charge in [0.05, 0.1) is 12.1 Å². The van der Waals surface area contributed by atoms with Crippen molar-refractivity contribution < 1.29 is 0 Å². The lowest BCUT2D eigenvalue weighted by atomic mass is 10.2. The highest BCUT2D eigenvalue weighted by molar-refractivity contribution is 7.10. The van der Waals surface area contributed by atoms with Crippen LogP contribution in [0.4, 0.5) is 0 Å². The van der Waals surface area contributed by atoms with Crippen molar-refractivity contribution in [3.63, 3.8) is 0 Å². The van der Waals surface area contributed by atoms with E-state index in [1.54, 1.807) is 18.4 Å². The molecule has 5 nitrogen and oxygen atoms in total. The fourth-order valence-corrected chi connectivity index (χ4v) is 2.47. The predicted molar refractivity (Wildman–Crippen MR) is 58.8 cm³/mol. The third-order valence-electron chi connectivity index (χ3n) is 1.93. The molecule has 0 saturated carbocycles. The summed E-state index contributed by atoms with van der Waals surface area (Å²) in [5, 5.41) is 14.3. The van der Waals surface area contributed by atoms with Crippen LogP contribution in [-0.4, -0.2) is 20.2 Å². The lowest BCUT2D eigenvalue weighted by Crippen LogP contribution is -2.13. The summed E-state index contributed by atoms with van der Waals surface area (Å²) in [7, 11) is 1.72. The van der Waals surface area contributed by atoms with E-state index in [0.29, 0.717) is 17.3 Å². The Morgan fingerprint density at radius 3 is 3.00 bits per heavy atom. The Morgan fingerprint density at radius 2 is 2.47 bits per heavy atom. The quantitative estimate of drug-likeness (QED) is 0.879. The minimum atomic E-state index is -0.165. The highest BCUT2D eigenvalue weighted by Gasteiger charge is 2.14. The molecule has 0 bridgehead atoms. The number of hydrogen-bond donors (Lipinski definition) is 1. The van der Waals surface area contributed by atoms with Crippen molar-refractivity contribution in [2.45, 2.75) is 12.5 Å². The molecule has 15 heavy (non-hydrogen) atoms. The Morgan fingerprint density at radius 1 is 1.67 bits per heavy atom. The van der Waals surface area contributed by atoms with Gasteiger partial charge in [-0.25, -0.2) is 0 Å². The van der Waals surface area contributed by atoms with Crippen LogP contribution in [0.15, 0.2) is 11.4 Å². The first-order valence-electron chi connectivity index (χ1n) is 4.38. The van der Waals surface area contributed by atoms with Crippen LogP contribution in [0, 0.1) is 0 Å². The number of nitrogens with zero attached hydrogens (tertiary/aromatic N) is 4. The molecule has 2 N–H and O–H groups in total. The van der Waals surface area contributed by atoms with Gasteiger partial charge in [0.1, 0.15) is 0 Å². The van der Waals surface area contributed by atoms with Crippen LogP contribution in [0.3, 0.4) is 0 Å². The predicted octanol–water partition coefficient (Wildman–Crippen LogP) is 1.17. The first-order valence-corrected chi connectivity index (χ1v) is 5.64. The first kappa shape index (κ1) is 10.5. The Bertz CT molecular complexity index is 451. The van der Waals surface area contributed by atoms with Crippen LogP contribution in [0.25, 0.3) is 0 Å². The molecule has 0 aliphatic carbocycles. The normalized spacial score (nSPS) is 13.0. The minimum absolute atomic E-state index is 0.165. The summed E-state index contributed by atoms with van der Waals surface area (Å²) in [5.41, 5.74) is 5.99. The Hall–Kier alpha value is -0.980. The highest BCUT2D eigenvalue weighted by Crippen LogP contribution is 2.28. The van der Waals surface area contributed by atoms with E-state index in [9.17, 15) is 0 Å². The van der Waals surface area contributed by atoms with E-state index in [1.807, 2.05) is 11.4 Å². The smallest absolute Gasteiger partial charge is 0.176 e. The summed E-state index contributed by atoms with van der Waals surface area (Å²) in [4.78, 5) is 2.38. The zero-order chi connectivity index (χ0) is 10.8. The average Bonchev–Trinajstić information content (AvgIpc) is 2.75. The van der Waals surface area contributed by atoms with Gasteiger partial charge < -0.3 is 5.73 Å². The van der Waals surface area contributed by atoms with Crippen LogP contribution < -0.4 is 5.73 Å². The van der Waals surface area contributed by atoms with Crippen LogP contribution >= 0.6 is 22.9 Å². The Kier molecular flexibility index (Phi) is 2.99. The largest absolute Gasteiger partial charge is 0.323 e. The Labute approximate surface area is 95.9 Å². The van der Waals surface area contributed by atoms with Crippen molar-refractivity contribution in [1.29, 1.82) is 0 Å². The molecule has 0 radical (unpaired) electrons. The van der Waals surface area contributed by atoms with Crippen LogP contribution in [0.2, 0.25) is 5.02 Å². The number of aromatic nitrogens is 4. The van der Waals surface area contributed by atoms with Gasteiger partial charge in [0, 0.05) is 17.3 Å². The van der Waals surface area contributed by atoms with E-state index in [-0.39, 0.29) is 6.04 Å². The van der Waals surface area contributed by atoms with E-state index in [4.69, 9.17) is 17.3 Å². The number of nitrogens with two attached hydrogens (primary N) is 1. The molecule has 2 rings (SSSR count). The lowest BCUT2D eigenvalue weighted by Gasteiger charge is -2.06. The molecule has 0 fully saturated rings. The maximum absolute atomic E-state index is 5.99. The standard InChI is InChI=1S/C8H10ClN5S/c1-14-12-7(11-13-14)4-6(10)8-5(9)2-3-15-8/h2-3,6H,4,10H2,1H3. The van der Waals surface area contributed by atoms with Crippen molar-refractivity contribution in [2.24, 2.45) is 12.8 Å². The molecule has 1 unspecified atom stereocenters. The second-order valence-electron chi connectivity index (χ2n) is 3.14. The molecule has 2 aromatic rings. The molecular weight excluding hydrogens is 234 g/mol. The van der Waals surface area contributed by atoms with E-state index < -0.39 is 0 Å². The number of tetrazole rings is 1. The number of halogens is 1. The number of hydrogen-bond acceptors (Lipinski definition) is 5. The SMILES string of the molecule is Cn1nnc(CC(N)c2sccc2Cl)n1. The molecule has 80 valence electrons. The molecule has 0 amide bonds. The summed E-state index contributed by atoms with van der Waals surface area (Å²) in [6.45, 7) is 0. The number of thiophene rings is 1. The monoisotopic (exact) mass is 243 g/mol. The van der Waals surface area contributed by atoms with Crippen molar-refractivity contribution in [1.82, 2.24) is 20.2 Å². The summed E-state index contributed by atoms with van der Waals surface area (Å²) in [6.07, 6.45) is 0.550. The second-order valence-corrected chi connectivity index (χ2v) is 4.49. The van der Waals surface area contributed by atoms with Gasteiger partial charge >= 0.3 is 0 Å². The zero-order valence-electron chi connectivity index (χ0n) is 8.09. The van der Waals surface area contributed by atoms with E-state index >= 15 is 0 Å². The molecule has 2 heterocycles. The first-order chi connectivity index (χ1) is 7.16. The van der Waals surface area contributed by atoms with Gasteiger partial charge in [-0.05, 0) is 16.7 Å². The second kappa shape index (κ2) is 4.26. The van der Waals surface area contributed by atoms with E-state index in [1.165, 1.54) is 4.80 Å². The topological polar surface area (TPSA) is 69.6 Å². The molecule has 0 saturated heterocycles. The van der Waals surface area contributed by atoms with Gasteiger partial charge in [0.25, 0.3) is 0 Å².